The third kappa shape index (κ3) is 5.22. The number of unbranched alkanes of at least 4 members (excludes halogenated alkanes) is 2. The highest BCUT2D eigenvalue weighted by Gasteiger charge is 2.25. The number of carbonyl (C=O) groups is 1. The van der Waals surface area contributed by atoms with Crippen molar-refractivity contribution in [2.45, 2.75) is 46.0 Å². The zero-order chi connectivity index (χ0) is 11.0. The summed E-state index contributed by atoms with van der Waals surface area (Å²) in [5.41, 5.74) is 5.60. The molecule has 84 valence electrons. The SMILES string of the molecule is CCCCCC(C)(CN)CC(=O)OC. The fraction of sp³-hybridized carbons (Fsp3) is 0.909. The lowest BCUT2D eigenvalue weighted by molar-refractivity contribution is -0.143. The van der Waals surface area contributed by atoms with E-state index in [0.29, 0.717) is 13.0 Å². The van der Waals surface area contributed by atoms with Crippen LogP contribution in [0.3, 0.4) is 0 Å². The first kappa shape index (κ1) is 13.4. The first-order valence-electron chi connectivity index (χ1n) is 5.35. The van der Waals surface area contributed by atoms with Gasteiger partial charge in [0.2, 0.25) is 0 Å². The lowest BCUT2D eigenvalue weighted by Crippen LogP contribution is -2.30. The molecule has 0 spiro atoms. The molecule has 0 rings (SSSR count). The third-order valence-electron chi connectivity index (χ3n) is 2.68. The van der Waals surface area contributed by atoms with E-state index < -0.39 is 0 Å². The summed E-state index contributed by atoms with van der Waals surface area (Å²) in [7, 11) is 1.42. The van der Waals surface area contributed by atoms with Gasteiger partial charge in [0.25, 0.3) is 0 Å². The van der Waals surface area contributed by atoms with Gasteiger partial charge >= 0.3 is 5.97 Å². The Hall–Kier alpha value is -0.570. The molecule has 3 heteroatoms. The van der Waals surface area contributed by atoms with E-state index in [1.807, 2.05) is 0 Å². The van der Waals surface area contributed by atoms with Crippen LogP contribution in [0.15, 0.2) is 0 Å². The average Bonchev–Trinajstić information content (AvgIpc) is 2.18. The van der Waals surface area contributed by atoms with E-state index in [1.54, 1.807) is 0 Å². The van der Waals surface area contributed by atoms with Gasteiger partial charge in [-0.2, -0.15) is 0 Å². The Morgan fingerprint density at radius 3 is 2.50 bits per heavy atom. The van der Waals surface area contributed by atoms with Crippen LogP contribution in [0, 0.1) is 5.41 Å². The summed E-state index contributed by atoms with van der Waals surface area (Å²) in [6, 6.07) is 0. The molecular weight excluding hydrogens is 178 g/mol. The number of methoxy groups -OCH3 is 1. The summed E-state index contributed by atoms with van der Waals surface area (Å²) in [5, 5.41) is 0. The lowest BCUT2D eigenvalue weighted by atomic mass is 9.81. The second-order valence-electron chi connectivity index (χ2n) is 4.22. The first-order valence-corrected chi connectivity index (χ1v) is 5.35. The van der Waals surface area contributed by atoms with E-state index in [9.17, 15) is 4.79 Å². The van der Waals surface area contributed by atoms with E-state index in [0.717, 1.165) is 12.8 Å². The Labute approximate surface area is 87.0 Å². The van der Waals surface area contributed by atoms with Gasteiger partial charge in [-0.05, 0) is 18.4 Å². The molecule has 0 radical (unpaired) electrons. The molecule has 0 aromatic carbocycles. The van der Waals surface area contributed by atoms with Gasteiger partial charge in [-0.25, -0.2) is 0 Å². The topological polar surface area (TPSA) is 52.3 Å². The summed E-state index contributed by atoms with van der Waals surface area (Å²) < 4.78 is 4.66. The number of esters is 1. The number of hydrogen-bond acceptors (Lipinski definition) is 3. The molecule has 0 saturated carbocycles. The van der Waals surface area contributed by atoms with Crippen LogP contribution in [0.25, 0.3) is 0 Å². The second kappa shape index (κ2) is 6.82. The Kier molecular flexibility index (Phi) is 6.54. The van der Waals surface area contributed by atoms with E-state index in [1.165, 1.54) is 20.0 Å². The van der Waals surface area contributed by atoms with E-state index >= 15 is 0 Å². The van der Waals surface area contributed by atoms with Crippen LogP contribution < -0.4 is 5.73 Å². The van der Waals surface area contributed by atoms with Crippen molar-refractivity contribution in [1.82, 2.24) is 0 Å². The minimum atomic E-state index is -0.158. The molecule has 2 N–H and O–H groups in total. The number of ether oxygens (including phenoxy) is 1. The maximum atomic E-state index is 11.1. The zero-order valence-electron chi connectivity index (χ0n) is 9.64. The predicted molar refractivity (Wildman–Crippen MR) is 57.9 cm³/mol. The van der Waals surface area contributed by atoms with Gasteiger partial charge in [0.05, 0.1) is 13.5 Å². The Morgan fingerprint density at radius 1 is 1.43 bits per heavy atom. The van der Waals surface area contributed by atoms with Crippen molar-refractivity contribution in [3.8, 4) is 0 Å². The van der Waals surface area contributed by atoms with Crippen molar-refractivity contribution >= 4 is 5.97 Å². The van der Waals surface area contributed by atoms with Gasteiger partial charge in [0, 0.05) is 0 Å². The molecule has 0 bridgehead atoms. The van der Waals surface area contributed by atoms with Crippen molar-refractivity contribution in [3.63, 3.8) is 0 Å². The van der Waals surface area contributed by atoms with Gasteiger partial charge in [0.1, 0.15) is 0 Å². The monoisotopic (exact) mass is 201 g/mol. The normalized spacial score (nSPS) is 14.9. The fourth-order valence-electron chi connectivity index (χ4n) is 1.49. The molecule has 0 aliphatic carbocycles. The van der Waals surface area contributed by atoms with Gasteiger partial charge in [-0.3, -0.25) is 4.79 Å². The molecule has 0 aromatic rings. The third-order valence-corrected chi connectivity index (χ3v) is 2.68. The molecule has 0 heterocycles. The zero-order valence-corrected chi connectivity index (χ0v) is 9.64. The minimum absolute atomic E-state index is 0.0811. The predicted octanol–water partition coefficient (Wildman–Crippen LogP) is 2.09. The quantitative estimate of drug-likeness (QED) is 0.507. The molecule has 0 aliphatic rings. The number of nitrogens with two attached hydrogens (primary N) is 1. The van der Waals surface area contributed by atoms with Crippen molar-refractivity contribution in [2.24, 2.45) is 11.1 Å². The van der Waals surface area contributed by atoms with Crippen LogP contribution in [-0.2, 0) is 9.53 Å². The Bertz CT molecular complexity index is 171. The molecule has 0 aromatic heterocycles. The summed E-state index contributed by atoms with van der Waals surface area (Å²) in [6.07, 6.45) is 4.98. The van der Waals surface area contributed by atoms with Crippen molar-refractivity contribution in [3.05, 3.63) is 0 Å². The highest BCUT2D eigenvalue weighted by Crippen LogP contribution is 2.27. The lowest BCUT2D eigenvalue weighted by Gasteiger charge is -2.26. The second-order valence-corrected chi connectivity index (χ2v) is 4.22. The van der Waals surface area contributed by atoms with E-state index in [4.69, 9.17) is 5.73 Å². The molecule has 1 atom stereocenters. The van der Waals surface area contributed by atoms with Crippen LogP contribution >= 0.6 is 0 Å². The molecular formula is C11H23NO2. The van der Waals surface area contributed by atoms with Crippen molar-refractivity contribution < 1.29 is 9.53 Å². The van der Waals surface area contributed by atoms with Crippen LogP contribution in [0.2, 0.25) is 0 Å². The van der Waals surface area contributed by atoms with Gasteiger partial charge in [0.15, 0.2) is 0 Å². The molecule has 3 nitrogen and oxygen atoms in total. The van der Waals surface area contributed by atoms with Crippen LogP contribution in [0.1, 0.15) is 46.0 Å². The summed E-state index contributed by atoms with van der Waals surface area (Å²) in [6.45, 7) is 4.77. The van der Waals surface area contributed by atoms with Crippen molar-refractivity contribution in [1.29, 1.82) is 0 Å². The number of rotatable bonds is 7. The number of carbonyl (C=O) groups excluding carboxylic acids is 1. The summed E-state index contributed by atoms with van der Waals surface area (Å²) in [5.74, 6) is -0.158. The number of hydrogen-bond donors (Lipinski definition) is 1. The fourth-order valence-corrected chi connectivity index (χ4v) is 1.49. The molecule has 1 unspecified atom stereocenters. The first-order chi connectivity index (χ1) is 6.58. The molecule has 0 saturated heterocycles. The smallest absolute Gasteiger partial charge is 0.306 e. The maximum Gasteiger partial charge on any atom is 0.306 e. The van der Waals surface area contributed by atoms with Crippen LogP contribution in [0.5, 0.6) is 0 Å². The average molecular weight is 201 g/mol. The van der Waals surface area contributed by atoms with E-state index in [-0.39, 0.29) is 11.4 Å². The Balaban J connectivity index is 3.97. The summed E-state index contributed by atoms with van der Waals surface area (Å²) >= 11 is 0. The largest absolute Gasteiger partial charge is 0.469 e. The highest BCUT2D eigenvalue weighted by molar-refractivity contribution is 5.70. The molecule has 0 amide bonds. The maximum absolute atomic E-state index is 11.1. The van der Waals surface area contributed by atoms with E-state index in [2.05, 4.69) is 18.6 Å². The van der Waals surface area contributed by atoms with Crippen LogP contribution in [0.4, 0.5) is 0 Å². The summed E-state index contributed by atoms with van der Waals surface area (Å²) in [4.78, 5) is 11.1. The molecule has 0 aliphatic heterocycles. The standard InChI is InChI=1S/C11H23NO2/c1-4-5-6-7-11(2,9-12)8-10(13)14-3/h4-9,12H2,1-3H3. The van der Waals surface area contributed by atoms with Crippen molar-refractivity contribution in [2.75, 3.05) is 13.7 Å². The van der Waals surface area contributed by atoms with Gasteiger partial charge < -0.3 is 10.5 Å². The highest BCUT2D eigenvalue weighted by atomic mass is 16.5. The van der Waals surface area contributed by atoms with Gasteiger partial charge in [-0.15, -0.1) is 0 Å². The van der Waals surface area contributed by atoms with Crippen LogP contribution in [-0.4, -0.2) is 19.6 Å². The Morgan fingerprint density at radius 2 is 2.07 bits per heavy atom. The minimum Gasteiger partial charge on any atom is -0.469 e. The molecule has 0 fully saturated rings. The van der Waals surface area contributed by atoms with Gasteiger partial charge in [-0.1, -0.05) is 33.1 Å². The molecule has 14 heavy (non-hydrogen) atoms.